The Morgan fingerprint density at radius 3 is 2.65 bits per heavy atom. The van der Waals surface area contributed by atoms with E-state index < -0.39 is 11.8 Å². The summed E-state index contributed by atoms with van der Waals surface area (Å²) in [5.41, 5.74) is 0.785. The van der Waals surface area contributed by atoms with Gasteiger partial charge in [-0.1, -0.05) is 11.6 Å². The highest BCUT2D eigenvalue weighted by Gasteiger charge is 2.33. The average Bonchev–Trinajstić information content (AvgIpc) is 3.08. The lowest BCUT2D eigenvalue weighted by atomic mass is 10.1. The molecule has 0 bridgehead atoms. The Kier molecular flexibility index (Phi) is 5.51. The van der Waals surface area contributed by atoms with Crippen molar-refractivity contribution in [2.45, 2.75) is 0 Å². The fourth-order valence-corrected chi connectivity index (χ4v) is 2.81. The highest BCUT2D eigenvalue weighted by atomic mass is 35.5. The monoisotopic (exact) mass is 390 g/mol. The van der Waals surface area contributed by atoms with Crippen LogP contribution in [0.3, 0.4) is 0 Å². The van der Waals surface area contributed by atoms with Crippen LogP contribution < -0.4 is 5.32 Å². The van der Waals surface area contributed by atoms with Gasteiger partial charge in [-0.2, -0.15) is 0 Å². The van der Waals surface area contributed by atoms with E-state index in [9.17, 15) is 9.59 Å². The van der Waals surface area contributed by atoms with Gasteiger partial charge in [-0.25, -0.2) is 0 Å². The van der Waals surface area contributed by atoms with Gasteiger partial charge in [-0.15, -0.1) is 0 Å². The van der Waals surface area contributed by atoms with Crippen LogP contribution in [-0.2, 0) is 14.3 Å². The summed E-state index contributed by atoms with van der Waals surface area (Å²) in [6.07, 6.45) is 1.40. The van der Waals surface area contributed by atoms with Crippen molar-refractivity contribution in [1.29, 1.82) is 0 Å². The van der Waals surface area contributed by atoms with E-state index in [0.29, 0.717) is 23.2 Å². The molecule has 2 heterocycles. The zero-order valence-electron chi connectivity index (χ0n) is 13.8. The van der Waals surface area contributed by atoms with Crippen LogP contribution in [0.4, 0.5) is 0 Å². The van der Waals surface area contributed by atoms with Crippen LogP contribution >= 0.6 is 23.8 Å². The molecule has 0 saturated carbocycles. The molecule has 2 aromatic rings. The molecule has 1 saturated heterocycles. The van der Waals surface area contributed by atoms with Gasteiger partial charge >= 0.3 is 0 Å². The number of hydrogen-bond donors (Lipinski definition) is 1. The van der Waals surface area contributed by atoms with Crippen molar-refractivity contribution in [3.8, 4) is 11.3 Å². The Bertz CT molecular complexity index is 889. The van der Waals surface area contributed by atoms with Gasteiger partial charge in [0, 0.05) is 17.7 Å². The number of amides is 2. The summed E-state index contributed by atoms with van der Waals surface area (Å²) >= 11 is 10.9. The molecule has 1 aromatic carbocycles. The molecule has 134 valence electrons. The summed E-state index contributed by atoms with van der Waals surface area (Å²) in [5.74, 6) is -0.0599. The topological polar surface area (TPSA) is 71.8 Å². The van der Waals surface area contributed by atoms with E-state index in [0.717, 1.165) is 5.56 Å². The lowest BCUT2D eigenvalue weighted by Gasteiger charge is -2.28. The summed E-state index contributed by atoms with van der Waals surface area (Å²) in [6, 6.07) is 10.6. The van der Waals surface area contributed by atoms with Crippen LogP contribution in [0, 0.1) is 0 Å². The highest BCUT2D eigenvalue weighted by Crippen LogP contribution is 2.25. The van der Waals surface area contributed by atoms with Crippen molar-refractivity contribution >= 4 is 46.8 Å². The van der Waals surface area contributed by atoms with Gasteiger partial charge in [0.25, 0.3) is 11.8 Å². The number of furan rings is 1. The largest absolute Gasteiger partial charge is 0.457 e. The molecule has 0 radical (unpaired) electrons. The molecule has 2 amide bonds. The molecule has 1 N–H and O–H groups in total. The van der Waals surface area contributed by atoms with E-state index in [1.165, 1.54) is 18.1 Å². The molecule has 0 unspecified atom stereocenters. The van der Waals surface area contributed by atoms with Gasteiger partial charge in [0.05, 0.1) is 13.2 Å². The third-order valence-electron chi connectivity index (χ3n) is 3.75. The van der Waals surface area contributed by atoms with Crippen LogP contribution in [0.25, 0.3) is 17.4 Å². The minimum atomic E-state index is -0.557. The number of benzene rings is 1. The summed E-state index contributed by atoms with van der Waals surface area (Å²) in [6.45, 7) is 0.552. The number of hydrogen-bond acceptors (Lipinski definition) is 5. The number of carbonyl (C=O) groups excluding carboxylic acids is 2. The Hall–Kier alpha value is -2.48. The zero-order valence-corrected chi connectivity index (χ0v) is 15.4. The van der Waals surface area contributed by atoms with Crippen molar-refractivity contribution in [2.24, 2.45) is 0 Å². The SMILES string of the molecule is COCCN1C(=O)C(=Cc2ccc(-c3ccc(Cl)cc3)o2)C(=O)NC1=S. The van der Waals surface area contributed by atoms with Crippen molar-refractivity contribution in [3.05, 3.63) is 52.8 Å². The maximum Gasteiger partial charge on any atom is 0.265 e. The fraction of sp³-hybridized carbons (Fsp3) is 0.167. The maximum absolute atomic E-state index is 12.6. The number of nitrogens with zero attached hydrogens (tertiary/aromatic N) is 1. The first-order chi connectivity index (χ1) is 12.5. The predicted octanol–water partition coefficient (Wildman–Crippen LogP) is 2.87. The second-order valence-corrected chi connectivity index (χ2v) is 6.30. The Balaban J connectivity index is 1.86. The third kappa shape index (κ3) is 3.85. The van der Waals surface area contributed by atoms with Crippen molar-refractivity contribution < 1.29 is 18.7 Å². The molecular formula is C18H15ClN2O4S. The standard InChI is InChI=1S/C18H15ClN2O4S/c1-24-9-8-21-17(23)14(16(22)20-18(21)26)10-13-6-7-15(25-13)11-2-4-12(19)5-3-11/h2-7,10H,8-9H2,1H3,(H,20,22,26). The van der Waals surface area contributed by atoms with Gasteiger partial charge in [0.1, 0.15) is 17.1 Å². The second kappa shape index (κ2) is 7.82. The quantitative estimate of drug-likeness (QED) is 0.483. The minimum Gasteiger partial charge on any atom is -0.457 e. The molecular weight excluding hydrogens is 376 g/mol. The summed E-state index contributed by atoms with van der Waals surface area (Å²) in [4.78, 5) is 26.0. The molecule has 26 heavy (non-hydrogen) atoms. The van der Waals surface area contributed by atoms with Crippen LogP contribution in [0.5, 0.6) is 0 Å². The number of carbonyl (C=O) groups is 2. The van der Waals surface area contributed by atoms with Crippen LogP contribution in [0.2, 0.25) is 5.02 Å². The van der Waals surface area contributed by atoms with Crippen LogP contribution in [0.15, 0.2) is 46.4 Å². The van der Waals surface area contributed by atoms with Crippen molar-refractivity contribution in [3.63, 3.8) is 0 Å². The number of thiocarbonyl (C=S) groups is 1. The Morgan fingerprint density at radius 1 is 1.23 bits per heavy atom. The fourth-order valence-electron chi connectivity index (χ4n) is 2.42. The Labute approximate surface area is 160 Å². The van der Waals surface area contributed by atoms with Gasteiger partial charge in [-0.05, 0) is 54.7 Å². The molecule has 1 fully saturated rings. The minimum absolute atomic E-state index is 0.0493. The smallest absolute Gasteiger partial charge is 0.265 e. The van der Waals surface area contributed by atoms with E-state index in [-0.39, 0.29) is 17.2 Å². The average molecular weight is 391 g/mol. The lowest BCUT2D eigenvalue weighted by molar-refractivity contribution is -0.129. The van der Waals surface area contributed by atoms with Crippen molar-refractivity contribution in [2.75, 3.05) is 20.3 Å². The first-order valence-electron chi connectivity index (χ1n) is 7.73. The van der Waals surface area contributed by atoms with Crippen LogP contribution in [0.1, 0.15) is 5.76 Å². The molecule has 1 aliphatic heterocycles. The molecule has 0 atom stereocenters. The third-order valence-corrected chi connectivity index (χ3v) is 4.32. The summed E-state index contributed by atoms with van der Waals surface area (Å²) in [7, 11) is 1.52. The van der Waals surface area contributed by atoms with Crippen molar-refractivity contribution in [1.82, 2.24) is 10.2 Å². The second-order valence-electron chi connectivity index (χ2n) is 5.48. The number of ether oxygens (including phenoxy) is 1. The highest BCUT2D eigenvalue weighted by molar-refractivity contribution is 7.80. The molecule has 1 aromatic heterocycles. The zero-order chi connectivity index (χ0) is 18.7. The molecule has 3 rings (SSSR count). The molecule has 0 aliphatic carbocycles. The molecule has 1 aliphatic rings. The number of halogens is 1. The van der Waals surface area contributed by atoms with E-state index in [1.54, 1.807) is 24.3 Å². The number of methoxy groups -OCH3 is 1. The normalized spacial score (nSPS) is 16.3. The first-order valence-corrected chi connectivity index (χ1v) is 8.52. The van der Waals surface area contributed by atoms with Crippen LogP contribution in [-0.4, -0.2) is 42.1 Å². The number of nitrogens with one attached hydrogen (secondary N) is 1. The van der Waals surface area contributed by atoms with E-state index >= 15 is 0 Å². The van der Waals surface area contributed by atoms with Gasteiger partial charge in [0.2, 0.25) is 0 Å². The van der Waals surface area contributed by atoms with E-state index in [2.05, 4.69) is 5.32 Å². The van der Waals surface area contributed by atoms with Gasteiger partial charge in [0.15, 0.2) is 5.11 Å². The molecule has 6 nitrogen and oxygen atoms in total. The predicted molar refractivity (Wildman–Crippen MR) is 101 cm³/mol. The number of rotatable bonds is 5. The van der Waals surface area contributed by atoms with E-state index in [4.69, 9.17) is 33.0 Å². The first kappa shape index (κ1) is 18.3. The Morgan fingerprint density at radius 2 is 1.96 bits per heavy atom. The molecule has 8 heteroatoms. The molecule has 0 spiro atoms. The van der Waals surface area contributed by atoms with E-state index in [1.807, 2.05) is 12.1 Å². The maximum atomic E-state index is 12.6. The lowest BCUT2D eigenvalue weighted by Crippen LogP contribution is -2.54. The summed E-state index contributed by atoms with van der Waals surface area (Å²) < 4.78 is 10.7. The van der Waals surface area contributed by atoms with Gasteiger partial charge in [-0.3, -0.25) is 19.8 Å². The van der Waals surface area contributed by atoms with Gasteiger partial charge < -0.3 is 9.15 Å². The summed E-state index contributed by atoms with van der Waals surface area (Å²) in [5, 5.41) is 3.19.